The van der Waals surface area contributed by atoms with Gasteiger partial charge < -0.3 is 29.7 Å². The van der Waals surface area contributed by atoms with Crippen molar-refractivity contribution >= 4 is 29.4 Å². The zero-order valence-electron chi connectivity index (χ0n) is 21.4. The molecule has 0 aliphatic carbocycles. The van der Waals surface area contributed by atoms with E-state index in [1.54, 1.807) is 73.8 Å². The Hall–Kier alpha value is -4.86. The third-order valence-electron chi connectivity index (χ3n) is 5.38. The molecule has 0 saturated heterocycles. The van der Waals surface area contributed by atoms with Crippen molar-refractivity contribution in [1.29, 1.82) is 0 Å². The van der Waals surface area contributed by atoms with Gasteiger partial charge >= 0.3 is 5.97 Å². The van der Waals surface area contributed by atoms with E-state index in [1.807, 2.05) is 0 Å². The fraction of sp³-hybridized carbons (Fsp3) is 0.214. The van der Waals surface area contributed by atoms with Crippen molar-refractivity contribution in [2.75, 3.05) is 32.6 Å². The summed E-state index contributed by atoms with van der Waals surface area (Å²) in [4.78, 5) is 51.1. The van der Waals surface area contributed by atoms with Gasteiger partial charge in [0.05, 0.1) is 20.8 Å². The predicted molar refractivity (Wildman–Crippen MR) is 140 cm³/mol. The number of anilines is 1. The second-order valence-corrected chi connectivity index (χ2v) is 8.14. The average molecular weight is 520 g/mol. The van der Waals surface area contributed by atoms with Gasteiger partial charge in [0.15, 0.2) is 0 Å². The number of nitrogens with one attached hydrogen (secondary N) is 2. The van der Waals surface area contributed by atoms with Crippen LogP contribution in [0.25, 0.3) is 0 Å². The number of methoxy groups -OCH3 is 2. The SMILES string of the molecule is COc1ccc(NC(=O)CN(Cc2ccc(OC(C)=O)cc2OC)C(=O)CNC(=O)c2ccccc2)cc1. The lowest BCUT2D eigenvalue weighted by atomic mass is 10.1. The van der Waals surface area contributed by atoms with Crippen LogP contribution in [0.1, 0.15) is 22.8 Å². The highest BCUT2D eigenvalue weighted by Gasteiger charge is 2.21. The van der Waals surface area contributed by atoms with Crippen LogP contribution in [0, 0.1) is 0 Å². The highest BCUT2D eigenvalue weighted by molar-refractivity contribution is 5.98. The maximum absolute atomic E-state index is 13.2. The minimum atomic E-state index is -0.485. The van der Waals surface area contributed by atoms with Crippen LogP contribution in [0.3, 0.4) is 0 Å². The Morgan fingerprint density at radius 3 is 2.16 bits per heavy atom. The zero-order chi connectivity index (χ0) is 27.5. The average Bonchev–Trinajstić information content (AvgIpc) is 2.92. The van der Waals surface area contributed by atoms with Gasteiger partial charge in [-0.15, -0.1) is 0 Å². The van der Waals surface area contributed by atoms with E-state index in [2.05, 4.69) is 10.6 Å². The first-order valence-corrected chi connectivity index (χ1v) is 11.7. The second kappa shape index (κ2) is 13.4. The highest BCUT2D eigenvalue weighted by atomic mass is 16.5. The first-order valence-electron chi connectivity index (χ1n) is 11.7. The standard InChI is InChI=1S/C28H29N3O7/c1-19(32)38-24-12-9-21(25(15-24)37-3)17-31(18-26(33)30-22-10-13-23(36-2)14-11-22)27(34)16-29-28(35)20-7-5-4-6-8-20/h4-15H,16-18H2,1-3H3,(H,29,35)(H,30,33). The van der Waals surface area contributed by atoms with Crippen LogP contribution in [0.15, 0.2) is 72.8 Å². The van der Waals surface area contributed by atoms with Gasteiger partial charge in [0.1, 0.15) is 23.8 Å². The van der Waals surface area contributed by atoms with E-state index in [4.69, 9.17) is 14.2 Å². The second-order valence-electron chi connectivity index (χ2n) is 8.14. The minimum absolute atomic E-state index is 0.000399. The van der Waals surface area contributed by atoms with Gasteiger partial charge in [-0.25, -0.2) is 0 Å². The number of esters is 1. The number of hydrogen-bond acceptors (Lipinski definition) is 7. The number of benzene rings is 3. The predicted octanol–water partition coefficient (Wildman–Crippen LogP) is 3.03. The zero-order valence-corrected chi connectivity index (χ0v) is 21.4. The van der Waals surface area contributed by atoms with Crippen LogP contribution in [0.5, 0.6) is 17.2 Å². The Kier molecular flexibility index (Phi) is 9.81. The summed E-state index contributed by atoms with van der Waals surface area (Å²) in [6.45, 7) is 0.671. The van der Waals surface area contributed by atoms with Crippen LogP contribution in [-0.2, 0) is 20.9 Å². The van der Waals surface area contributed by atoms with Crippen molar-refractivity contribution in [1.82, 2.24) is 10.2 Å². The fourth-order valence-electron chi connectivity index (χ4n) is 3.53. The Balaban J connectivity index is 1.76. The summed E-state index contributed by atoms with van der Waals surface area (Å²) < 4.78 is 15.6. The van der Waals surface area contributed by atoms with E-state index < -0.39 is 23.7 Å². The van der Waals surface area contributed by atoms with E-state index in [0.717, 1.165) is 0 Å². The van der Waals surface area contributed by atoms with Crippen molar-refractivity contribution in [3.63, 3.8) is 0 Å². The molecule has 10 heteroatoms. The molecule has 3 aromatic rings. The van der Waals surface area contributed by atoms with E-state index in [9.17, 15) is 19.2 Å². The molecule has 10 nitrogen and oxygen atoms in total. The van der Waals surface area contributed by atoms with Crippen LogP contribution >= 0.6 is 0 Å². The molecule has 0 heterocycles. The highest BCUT2D eigenvalue weighted by Crippen LogP contribution is 2.26. The van der Waals surface area contributed by atoms with Crippen LogP contribution < -0.4 is 24.8 Å². The fourth-order valence-corrected chi connectivity index (χ4v) is 3.53. The van der Waals surface area contributed by atoms with Gasteiger partial charge in [-0.1, -0.05) is 18.2 Å². The molecular formula is C28H29N3O7. The van der Waals surface area contributed by atoms with E-state index in [-0.39, 0.29) is 25.4 Å². The van der Waals surface area contributed by atoms with Gasteiger partial charge in [-0.3, -0.25) is 19.2 Å². The third kappa shape index (κ3) is 8.09. The molecule has 198 valence electrons. The Morgan fingerprint density at radius 1 is 0.842 bits per heavy atom. The molecule has 0 aliphatic rings. The van der Waals surface area contributed by atoms with Gasteiger partial charge in [-0.2, -0.15) is 0 Å². The summed E-state index contributed by atoms with van der Waals surface area (Å²) in [6, 6.07) is 20.0. The first-order chi connectivity index (χ1) is 18.3. The molecular weight excluding hydrogens is 490 g/mol. The maximum atomic E-state index is 13.2. The molecule has 0 radical (unpaired) electrons. The van der Waals surface area contributed by atoms with Crippen molar-refractivity contribution in [3.8, 4) is 17.2 Å². The molecule has 0 aromatic heterocycles. The number of ether oxygens (including phenoxy) is 3. The normalized spacial score (nSPS) is 10.2. The van der Waals surface area contributed by atoms with Gasteiger partial charge in [-0.05, 0) is 48.5 Å². The van der Waals surface area contributed by atoms with E-state index in [0.29, 0.717) is 28.3 Å². The quantitative estimate of drug-likeness (QED) is 0.295. The molecule has 0 spiro atoms. The van der Waals surface area contributed by atoms with Crippen LogP contribution in [-0.4, -0.2) is 55.9 Å². The van der Waals surface area contributed by atoms with E-state index >= 15 is 0 Å². The lowest BCUT2D eigenvalue weighted by Gasteiger charge is -2.24. The van der Waals surface area contributed by atoms with Crippen molar-refractivity contribution in [3.05, 3.63) is 83.9 Å². The molecule has 2 N–H and O–H groups in total. The number of nitrogens with zero attached hydrogens (tertiary/aromatic N) is 1. The van der Waals surface area contributed by atoms with Crippen molar-refractivity contribution in [2.24, 2.45) is 0 Å². The largest absolute Gasteiger partial charge is 0.497 e. The van der Waals surface area contributed by atoms with E-state index in [1.165, 1.54) is 25.0 Å². The molecule has 0 bridgehead atoms. The summed E-state index contributed by atoms with van der Waals surface area (Å²) in [5, 5.41) is 5.35. The van der Waals surface area contributed by atoms with Gasteiger partial charge in [0.2, 0.25) is 11.8 Å². The lowest BCUT2D eigenvalue weighted by Crippen LogP contribution is -2.43. The van der Waals surface area contributed by atoms with Crippen molar-refractivity contribution in [2.45, 2.75) is 13.5 Å². The Bertz CT molecular complexity index is 1280. The molecule has 3 rings (SSSR count). The molecule has 0 aliphatic heterocycles. The molecule has 0 saturated carbocycles. The van der Waals surface area contributed by atoms with Crippen LogP contribution in [0.2, 0.25) is 0 Å². The number of hydrogen-bond donors (Lipinski definition) is 2. The summed E-state index contributed by atoms with van der Waals surface area (Å²) in [7, 11) is 2.99. The summed E-state index contributed by atoms with van der Waals surface area (Å²) >= 11 is 0. The van der Waals surface area contributed by atoms with Crippen molar-refractivity contribution < 1.29 is 33.4 Å². The molecule has 0 unspecified atom stereocenters. The summed E-state index contributed by atoms with van der Waals surface area (Å²) in [5.74, 6) is -0.531. The number of carbonyl (C=O) groups excluding carboxylic acids is 4. The maximum Gasteiger partial charge on any atom is 0.308 e. The topological polar surface area (TPSA) is 123 Å². The number of amides is 3. The van der Waals surface area contributed by atoms with Gasteiger partial charge in [0.25, 0.3) is 5.91 Å². The lowest BCUT2D eigenvalue weighted by molar-refractivity contribution is -0.134. The molecule has 38 heavy (non-hydrogen) atoms. The van der Waals surface area contributed by atoms with Gasteiger partial charge in [0, 0.05) is 36.3 Å². The monoisotopic (exact) mass is 519 g/mol. The number of rotatable bonds is 11. The number of carbonyl (C=O) groups is 4. The minimum Gasteiger partial charge on any atom is -0.497 e. The molecule has 0 fully saturated rings. The van der Waals surface area contributed by atoms with Crippen LogP contribution in [0.4, 0.5) is 5.69 Å². The Labute approximate surface area is 220 Å². The molecule has 0 atom stereocenters. The molecule has 3 amide bonds. The summed E-state index contributed by atoms with van der Waals surface area (Å²) in [5.41, 5.74) is 1.51. The Morgan fingerprint density at radius 2 is 1.53 bits per heavy atom. The molecule has 3 aromatic carbocycles. The smallest absolute Gasteiger partial charge is 0.308 e. The third-order valence-corrected chi connectivity index (χ3v) is 5.38. The first kappa shape index (κ1) is 27.7. The summed E-state index contributed by atoms with van der Waals surface area (Å²) in [6.07, 6.45) is 0.